The summed E-state index contributed by atoms with van der Waals surface area (Å²) in [4.78, 5) is 24.6. The molecule has 0 saturated heterocycles. The van der Waals surface area contributed by atoms with Gasteiger partial charge >= 0.3 is 0 Å². The normalized spacial score (nSPS) is 11.9. The molecule has 0 saturated carbocycles. The molecule has 2 aromatic rings. The molecule has 0 radical (unpaired) electrons. The van der Waals surface area contributed by atoms with Crippen LogP contribution in [-0.2, 0) is 30.7 Å². The molecule has 39 heavy (non-hydrogen) atoms. The maximum atomic E-state index is 12.3. The van der Waals surface area contributed by atoms with Gasteiger partial charge in [-0.15, -0.1) is 0 Å². The van der Waals surface area contributed by atoms with Gasteiger partial charge in [-0.1, -0.05) is 116 Å². The van der Waals surface area contributed by atoms with E-state index < -0.39 is 0 Å². The fraction of sp³-hybridized carbons (Fsp3) is 0.500. The van der Waals surface area contributed by atoms with Crippen molar-refractivity contribution < 1.29 is 30.7 Å². The molecule has 2 rings (SSSR count). The van der Waals surface area contributed by atoms with Crippen LogP contribution in [0.2, 0.25) is 0 Å². The van der Waals surface area contributed by atoms with Gasteiger partial charge in [0.2, 0.25) is 0 Å². The van der Waals surface area contributed by atoms with Crippen LogP contribution in [0, 0.1) is 23.7 Å². The van der Waals surface area contributed by atoms with Crippen molar-refractivity contribution in [1.82, 2.24) is 0 Å². The Balaban J connectivity index is 0.000000722. The van der Waals surface area contributed by atoms with Crippen LogP contribution in [0.15, 0.2) is 71.8 Å². The fourth-order valence-electron chi connectivity index (χ4n) is 4.05. The van der Waals surface area contributed by atoms with Gasteiger partial charge in [-0.25, -0.2) is 0 Å². The molecule has 0 amide bonds. The van der Waals surface area contributed by atoms with E-state index >= 15 is 0 Å². The van der Waals surface area contributed by atoms with Gasteiger partial charge in [0, 0.05) is 33.9 Å². The molecule has 3 heteroatoms. The van der Waals surface area contributed by atoms with Crippen molar-refractivity contribution >= 4 is 23.7 Å². The van der Waals surface area contributed by atoms with Crippen molar-refractivity contribution in [2.24, 2.45) is 23.7 Å². The van der Waals surface area contributed by atoms with E-state index in [9.17, 15) is 9.59 Å². The van der Waals surface area contributed by atoms with E-state index in [2.05, 4.69) is 91.8 Å². The quantitative estimate of drug-likeness (QED) is 0.183. The van der Waals surface area contributed by atoms with Crippen LogP contribution in [-0.4, -0.2) is 11.6 Å². The third kappa shape index (κ3) is 18.0. The second kappa shape index (κ2) is 20.8. The molecule has 0 spiro atoms. The Morgan fingerprint density at radius 1 is 0.538 bits per heavy atom. The summed E-state index contributed by atoms with van der Waals surface area (Å²) in [6.07, 6.45) is 9.14. The monoisotopic (exact) mass is 711 g/mol. The van der Waals surface area contributed by atoms with Gasteiger partial charge in [0.15, 0.2) is 11.6 Å². The van der Waals surface area contributed by atoms with Crippen LogP contribution in [0.3, 0.4) is 0 Å². The smallest absolute Gasteiger partial charge is 0.158 e. The van der Waals surface area contributed by atoms with Gasteiger partial charge in [-0.3, -0.25) is 9.59 Å². The first-order chi connectivity index (χ1) is 18.0. The van der Waals surface area contributed by atoms with Crippen molar-refractivity contribution in [2.75, 3.05) is 0 Å². The predicted octanol–water partition coefficient (Wildman–Crippen LogP) is 10.2. The summed E-state index contributed by atoms with van der Waals surface area (Å²) < 4.78 is 0. The van der Waals surface area contributed by atoms with Crippen molar-refractivity contribution in [3.63, 3.8) is 0 Å². The van der Waals surface area contributed by atoms with Crippen molar-refractivity contribution in [3.8, 4) is 0 Å². The molecule has 0 bridgehead atoms. The molecule has 2 nitrogen and oxygen atoms in total. The molecule has 0 aromatic heterocycles. The van der Waals surface area contributed by atoms with E-state index in [1.165, 1.54) is 0 Å². The topological polar surface area (TPSA) is 34.1 Å². The van der Waals surface area contributed by atoms with Crippen LogP contribution in [0.1, 0.15) is 105 Å². The van der Waals surface area contributed by atoms with Crippen LogP contribution < -0.4 is 0 Å². The first kappa shape index (κ1) is 36.9. The summed E-state index contributed by atoms with van der Waals surface area (Å²) in [5.74, 6) is 2.82. The number of hydrogen-bond donors (Lipinski definition) is 0. The number of rotatable bonds is 14. The second-order valence-electron chi connectivity index (χ2n) is 12.1. The number of Topliss-reactive ketones (excluding diaryl/α,β-unsaturated/α-hetero) is 2. The minimum Gasteiger partial charge on any atom is -0.295 e. The molecule has 2 aromatic carbocycles. The summed E-state index contributed by atoms with van der Waals surface area (Å²) in [5.41, 5.74) is 4.19. The first-order valence-electron chi connectivity index (χ1n) is 14.6. The molecule has 0 N–H and O–H groups in total. The summed E-state index contributed by atoms with van der Waals surface area (Å²) >= 11 is 0. The maximum Gasteiger partial charge on any atom is 0.158 e. The van der Waals surface area contributed by atoms with Crippen LogP contribution in [0.4, 0.5) is 0 Å². The van der Waals surface area contributed by atoms with E-state index in [-0.39, 0.29) is 21.1 Å². The third-order valence-electron chi connectivity index (χ3n) is 6.15. The summed E-state index contributed by atoms with van der Waals surface area (Å²) in [5, 5.41) is 0. The maximum absolute atomic E-state index is 12.3. The van der Waals surface area contributed by atoms with E-state index in [4.69, 9.17) is 0 Å². The van der Waals surface area contributed by atoms with Crippen molar-refractivity contribution in [2.45, 2.75) is 93.9 Å². The minimum absolute atomic E-state index is 0. The molecule has 0 aliphatic carbocycles. The Bertz CT molecular complexity index is 915. The molecule has 0 heterocycles. The summed E-state index contributed by atoms with van der Waals surface area (Å²) in [6.45, 7) is 17.3. The molecule has 0 aliphatic rings. The van der Waals surface area contributed by atoms with Gasteiger partial charge in [0.05, 0.1) is 0 Å². The van der Waals surface area contributed by atoms with Gasteiger partial charge < -0.3 is 0 Å². The Labute approximate surface area is 254 Å². The van der Waals surface area contributed by atoms with E-state index in [1.807, 2.05) is 36.4 Å². The average Bonchev–Trinajstić information content (AvgIpc) is 2.86. The van der Waals surface area contributed by atoms with Gasteiger partial charge in [-0.05, 0) is 83.8 Å². The molecule has 0 atom stereocenters. The van der Waals surface area contributed by atoms with Crippen LogP contribution in [0.25, 0.3) is 12.2 Å². The number of benzene rings is 2. The SMILES string of the molecule is CC(C)CCC(=O)C(=Cc1ccccc1)CC(C)C.CC(C)CCC(=O)C(=Cc1ccccc1)CC(C)C.[Pt]. The van der Waals surface area contributed by atoms with Gasteiger partial charge in [-0.2, -0.15) is 0 Å². The number of allylic oxidation sites excluding steroid dienone is 2. The molecular formula is C36H52O2Pt. The van der Waals surface area contributed by atoms with Gasteiger partial charge in [0.25, 0.3) is 0 Å². The fourth-order valence-corrected chi connectivity index (χ4v) is 4.05. The van der Waals surface area contributed by atoms with E-state index in [0.717, 1.165) is 48.0 Å². The molecule has 218 valence electrons. The van der Waals surface area contributed by atoms with Crippen LogP contribution >= 0.6 is 0 Å². The molecule has 0 aliphatic heterocycles. The van der Waals surface area contributed by atoms with Crippen LogP contribution in [0.5, 0.6) is 0 Å². The number of carbonyl (C=O) groups is 2. The Kier molecular flexibility index (Phi) is 19.7. The Morgan fingerprint density at radius 3 is 1.10 bits per heavy atom. The summed E-state index contributed by atoms with van der Waals surface area (Å²) in [6, 6.07) is 20.3. The zero-order chi connectivity index (χ0) is 28.5. The average molecular weight is 712 g/mol. The zero-order valence-corrected chi connectivity index (χ0v) is 27.9. The van der Waals surface area contributed by atoms with Gasteiger partial charge in [0.1, 0.15) is 0 Å². The van der Waals surface area contributed by atoms with E-state index in [1.54, 1.807) is 0 Å². The number of ketones is 2. The minimum atomic E-state index is 0. The zero-order valence-electron chi connectivity index (χ0n) is 25.6. The van der Waals surface area contributed by atoms with Crippen molar-refractivity contribution in [1.29, 1.82) is 0 Å². The van der Waals surface area contributed by atoms with Crippen molar-refractivity contribution in [3.05, 3.63) is 82.9 Å². The molecule has 0 fully saturated rings. The largest absolute Gasteiger partial charge is 0.295 e. The summed E-state index contributed by atoms with van der Waals surface area (Å²) in [7, 11) is 0. The predicted molar refractivity (Wildman–Crippen MR) is 166 cm³/mol. The second-order valence-corrected chi connectivity index (χ2v) is 12.1. The molecular weight excluding hydrogens is 659 g/mol. The Hall–Kier alpha value is -2.05. The number of hydrogen-bond acceptors (Lipinski definition) is 2. The third-order valence-corrected chi connectivity index (χ3v) is 6.15. The molecule has 0 unspecified atom stereocenters. The number of carbonyl (C=O) groups excluding carboxylic acids is 2. The first-order valence-corrected chi connectivity index (χ1v) is 14.6. The van der Waals surface area contributed by atoms with E-state index in [0.29, 0.717) is 48.1 Å². The Morgan fingerprint density at radius 2 is 0.846 bits per heavy atom. The standard InChI is InChI=1S/2C18H26O.Pt/c2*1-14(2)10-11-18(19)17(12-15(3)4)13-16-8-6-5-7-9-16;/h2*5-9,13-15H,10-12H2,1-4H3;.